The molecule has 0 bridgehead atoms. The molecule has 1 atom stereocenters. The predicted octanol–water partition coefficient (Wildman–Crippen LogP) is 2.87. The van der Waals surface area contributed by atoms with Crippen LogP contribution in [0, 0.1) is 0 Å². The molecule has 8 nitrogen and oxygen atoms in total. The molecule has 1 aromatic carbocycles. The van der Waals surface area contributed by atoms with Crippen LogP contribution >= 0.6 is 0 Å². The van der Waals surface area contributed by atoms with Crippen molar-refractivity contribution in [2.75, 3.05) is 32.7 Å². The van der Waals surface area contributed by atoms with Gasteiger partial charge in [0.1, 0.15) is 23.1 Å². The van der Waals surface area contributed by atoms with Gasteiger partial charge in [0.05, 0.1) is 12.8 Å². The normalized spacial score (nSPS) is 19.8. The van der Waals surface area contributed by atoms with E-state index >= 15 is 0 Å². The minimum absolute atomic E-state index is 0.0727. The van der Waals surface area contributed by atoms with Gasteiger partial charge in [0, 0.05) is 44.9 Å². The summed E-state index contributed by atoms with van der Waals surface area (Å²) >= 11 is 0. The van der Waals surface area contributed by atoms with Gasteiger partial charge in [-0.15, -0.1) is 0 Å². The number of piperazine rings is 1. The van der Waals surface area contributed by atoms with Crippen molar-refractivity contribution in [3.05, 3.63) is 60.2 Å². The largest absolute Gasteiger partial charge is 0.467 e. The summed E-state index contributed by atoms with van der Waals surface area (Å²) in [6.45, 7) is 4.44. The molecular formula is C23H24N4O4. The second-order valence-corrected chi connectivity index (χ2v) is 7.95. The summed E-state index contributed by atoms with van der Waals surface area (Å²) in [6.07, 6.45) is 2.13. The van der Waals surface area contributed by atoms with Crippen LogP contribution in [0.15, 0.2) is 62.7 Å². The third kappa shape index (κ3) is 3.86. The minimum atomic E-state index is -0.302. The Labute approximate surface area is 179 Å². The molecule has 1 saturated heterocycles. The van der Waals surface area contributed by atoms with Gasteiger partial charge < -0.3 is 13.7 Å². The van der Waals surface area contributed by atoms with Crippen LogP contribution in [-0.4, -0.2) is 65.1 Å². The Morgan fingerprint density at radius 3 is 2.61 bits per heavy atom. The highest BCUT2D eigenvalue weighted by atomic mass is 16.3. The fraction of sp³-hybridized carbons (Fsp3) is 0.348. The number of carbonyl (C=O) groups is 2. The lowest BCUT2D eigenvalue weighted by atomic mass is 10.1. The quantitative estimate of drug-likeness (QED) is 0.648. The van der Waals surface area contributed by atoms with Gasteiger partial charge in [-0.3, -0.25) is 14.5 Å². The highest BCUT2D eigenvalue weighted by Gasteiger charge is 2.36. The third-order valence-electron chi connectivity index (χ3n) is 5.92. The second kappa shape index (κ2) is 8.03. The lowest BCUT2D eigenvalue weighted by Crippen LogP contribution is -2.50. The molecular weight excluding hydrogens is 396 g/mol. The van der Waals surface area contributed by atoms with Crippen LogP contribution in [0.4, 0.5) is 0 Å². The van der Waals surface area contributed by atoms with E-state index < -0.39 is 0 Å². The van der Waals surface area contributed by atoms with Gasteiger partial charge in [-0.05, 0) is 24.3 Å². The number of furan rings is 2. The Balaban J connectivity index is 1.36. The number of amides is 2. The van der Waals surface area contributed by atoms with Crippen LogP contribution in [0.2, 0.25) is 0 Å². The fourth-order valence-corrected chi connectivity index (χ4v) is 4.20. The maximum atomic E-state index is 13.2. The van der Waals surface area contributed by atoms with E-state index in [2.05, 4.69) is 10.0 Å². The summed E-state index contributed by atoms with van der Waals surface area (Å²) < 4.78 is 11.6. The number of carbonyl (C=O) groups excluding carboxylic acids is 2. The maximum absolute atomic E-state index is 13.2. The van der Waals surface area contributed by atoms with Crippen molar-refractivity contribution in [2.45, 2.75) is 19.4 Å². The first-order valence-corrected chi connectivity index (χ1v) is 10.5. The van der Waals surface area contributed by atoms with Crippen LogP contribution in [0.1, 0.15) is 30.9 Å². The van der Waals surface area contributed by atoms with Crippen molar-refractivity contribution in [1.82, 2.24) is 14.8 Å². The topological polar surface area (TPSA) is 82.5 Å². The molecule has 2 aliphatic rings. The molecule has 31 heavy (non-hydrogen) atoms. The van der Waals surface area contributed by atoms with E-state index in [0.29, 0.717) is 44.1 Å². The first-order valence-electron chi connectivity index (χ1n) is 10.5. The van der Waals surface area contributed by atoms with E-state index in [1.54, 1.807) is 18.1 Å². The van der Waals surface area contributed by atoms with Crippen LogP contribution in [0.5, 0.6) is 0 Å². The predicted molar refractivity (Wildman–Crippen MR) is 114 cm³/mol. The number of para-hydroxylation sites is 1. The second-order valence-electron chi connectivity index (χ2n) is 7.95. The lowest BCUT2D eigenvalue weighted by molar-refractivity contribution is -0.135. The highest BCUT2D eigenvalue weighted by Crippen LogP contribution is 2.34. The van der Waals surface area contributed by atoms with Crippen molar-refractivity contribution in [1.29, 1.82) is 0 Å². The van der Waals surface area contributed by atoms with Crippen LogP contribution < -0.4 is 0 Å². The van der Waals surface area contributed by atoms with Crippen molar-refractivity contribution < 1.29 is 18.4 Å². The molecule has 0 radical (unpaired) electrons. The third-order valence-corrected chi connectivity index (χ3v) is 5.92. The zero-order valence-electron chi connectivity index (χ0n) is 17.4. The first-order chi connectivity index (χ1) is 15.1. The van der Waals surface area contributed by atoms with Crippen molar-refractivity contribution in [3.63, 3.8) is 0 Å². The molecule has 8 heteroatoms. The molecule has 0 spiro atoms. The Hall–Kier alpha value is -3.39. The summed E-state index contributed by atoms with van der Waals surface area (Å²) in [4.78, 5) is 28.6. The summed E-state index contributed by atoms with van der Waals surface area (Å²) in [7, 11) is 0. The van der Waals surface area contributed by atoms with E-state index in [1.165, 1.54) is 5.01 Å². The fourth-order valence-electron chi connectivity index (χ4n) is 4.20. The molecule has 2 aliphatic heterocycles. The average Bonchev–Trinajstić information content (AvgIpc) is 3.52. The van der Waals surface area contributed by atoms with E-state index in [1.807, 2.05) is 42.5 Å². The Morgan fingerprint density at radius 2 is 1.90 bits per heavy atom. The number of fused-ring (bicyclic) bond motifs is 1. The number of hydrogen-bond acceptors (Lipinski definition) is 6. The van der Waals surface area contributed by atoms with Crippen molar-refractivity contribution >= 4 is 28.5 Å². The molecule has 0 saturated carbocycles. The van der Waals surface area contributed by atoms with Gasteiger partial charge >= 0.3 is 0 Å². The first kappa shape index (κ1) is 19.6. The molecule has 4 heterocycles. The zero-order valence-corrected chi connectivity index (χ0v) is 17.4. The molecule has 3 aromatic rings. The van der Waals surface area contributed by atoms with Gasteiger partial charge in [-0.1, -0.05) is 18.2 Å². The van der Waals surface area contributed by atoms with Gasteiger partial charge in [-0.2, -0.15) is 5.10 Å². The Kier molecular flexibility index (Phi) is 5.07. The van der Waals surface area contributed by atoms with Crippen LogP contribution in [0.25, 0.3) is 11.0 Å². The van der Waals surface area contributed by atoms with E-state index in [4.69, 9.17) is 8.83 Å². The molecule has 0 N–H and O–H groups in total. The van der Waals surface area contributed by atoms with E-state index in [-0.39, 0.29) is 24.4 Å². The summed E-state index contributed by atoms with van der Waals surface area (Å²) in [6, 6.07) is 13.1. The minimum Gasteiger partial charge on any atom is -0.467 e. The zero-order chi connectivity index (χ0) is 21.4. The number of benzene rings is 1. The molecule has 160 valence electrons. The number of hydrazone groups is 1. The number of rotatable bonds is 4. The Morgan fingerprint density at radius 1 is 1.10 bits per heavy atom. The molecule has 0 aliphatic carbocycles. The van der Waals surface area contributed by atoms with Gasteiger partial charge in [-0.25, -0.2) is 5.01 Å². The monoisotopic (exact) mass is 420 g/mol. The van der Waals surface area contributed by atoms with Gasteiger partial charge in [0.15, 0.2) is 5.76 Å². The van der Waals surface area contributed by atoms with E-state index in [0.717, 1.165) is 16.7 Å². The summed E-state index contributed by atoms with van der Waals surface area (Å²) in [5.74, 6) is 1.35. The van der Waals surface area contributed by atoms with Gasteiger partial charge in [0.25, 0.3) is 5.91 Å². The summed E-state index contributed by atoms with van der Waals surface area (Å²) in [5.41, 5.74) is 1.52. The smallest absolute Gasteiger partial charge is 0.257 e. The molecule has 2 amide bonds. The molecule has 5 rings (SSSR count). The summed E-state index contributed by atoms with van der Waals surface area (Å²) in [5, 5.41) is 7.18. The van der Waals surface area contributed by atoms with Crippen LogP contribution in [-0.2, 0) is 9.59 Å². The van der Waals surface area contributed by atoms with Crippen LogP contribution in [0.3, 0.4) is 0 Å². The number of nitrogens with zero attached hydrogens (tertiary/aromatic N) is 4. The van der Waals surface area contributed by atoms with Crippen molar-refractivity contribution in [3.8, 4) is 0 Å². The average molecular weight is 420 g/mol. The molecule has 2 aromatic heterocycles. The van der Waals surface area contributed by atoms with Gasteiger partial charge in [0.2, 0.25) is 5.91 Å². The van der Waals surface area contributed by atoms with E-state index in [9.17, 15) is 9.59 Å². The molecule has 0 unspecified atom stereocenters. The lowest BCUT2D eigenvalue weighted by Gasteiger charge is -2.34. The standard InChI is InChI=1S/C23H24N4O4/c1-16(28)26-10-8-25(9-11-26)15-23(29)27-19(21-7-4-12-30-21)14-18(24-27)22-13-17-5-2-3-6-20(17)31-22/h2-7,12-13,19H,8-11,14-15H2,1H3/t19-/m0/s1. The van der Waals surface area contributed by atoms with Crippen molar-refractivity contribution in [2.24, 2.45) is 5.10 Å². The maximum Gasteiger partial charge on any atom is 0.257 e. The SMILES string of the molecule is CC(=O)N1CCN(CC(=O)N2N=C(c3cc4ccccc4o3)C[C@H]2c2ccco2)CC1. The Bertz CT molecular complexity index is 1090. The molecule has 1 fully saturated rings. The highest BCUT2D eigenvalue weighted by molar-refractivity contribution is 6.03. The number of hydrogen-bond donors (Lipinski definition) is 0.